The van der Waals surface area contributed by atoms with Gasteiger partial charge in [0, 0.05) is 36.4 Å². The van der Waals surface area contributed by atoms with Gasteiger partial charge in [-0.3, -0.25) is 9.52 Å². The van der Waals surface area contributed by atoms with E-state index in [-0.39, 0.29) is 54.6 Å². The van der Waals surface area contributed by atoms with Gasteiger partial charge < -0.3 is 34.4 Å². The Balaban J connectivity index is 1.59. The van der Waals surface area contributed by atoms with Crippen LogP contribution in [0.5, 0.6) is 17.2 Å². The van der Waals surface area contributed by atoms with Gasteiger partial charge in [0.1, 0.15) is 23.4 Å². The molecule has 13 heteroatoms. The van der Waals surface area contributed by atoms with Crippen LogP contribution in [-0.2, 0) is 21.2 Å². The zero-order valence-electron chi connectivity index (χ0n) is 26.0. The SMILES string of the molecule is COc1ccc(NC(=O)N(C)C[C@H]2Oc3ccc(NS(=O)(=O)c4ccc(OC)cc4)cc3CC(=O)N([C@@H](C)CO)C[C@H]2C)cc1. The van der Waals surface area contributed by atoms with E-state index in [2.05, 4.69) is 10.0 Å². The first kappa shape index (κ1) is 33.4. The fraction of sp³-hybridized carbons (Fsp3) is 0.375. The first-order chi connectivity index (χ1) is 21.4. The predicted octanol–water partition coefficient (Wildman–Crippen LogP) is 3.82. The molecule has 0 bridgehead atoms. The van der Waals surface area contributed by atoms with Crippen molar-refractivity contribution in [1.82, 2.24) is 9.80 Å². The lowest BCUT2D eigenvalue weighted by Gasteiger charge is -2.34. The highest BCUT2D eigenvalue weighted by atomic mass is 32.2. The molecule has 45 heavy (non-hydrogen) atoms. The summed E-state index contributed by atoms with van der Waals surface area (Å²) < 4.78 is 45.5. The van der Waals surface area contributed by atoms with Crippen LogP contribution in [-0.4, -0.2) is 88.4 Å². The zero-order valence-corrected chi connectivity index (χ0v) is 26.8. The van der Waals surface area contributed by atoms with Gasteiger partial charge in [-0.1, -0.05) is 6.92 Å². The van der Waals surface area contributed by atoms with Crippen molar-refractivity contribution < 1.29 is 37.3 Å². The third-order valence-corrected chi connectivity index (χ3v) is 9.08. The van der Waals surface area contributed by atoms with Gasteiger partial charge in [0.15, 0.2) is 0 Å². The molecule has 3 N–H and O–H groups in total. The second-order valence-electron chi connectivity index (χ2n) is 11.0. The number of carbonyl (C=O) groups excluding carboxylic acids is 2. The van der Waals surface area contributed by atoms with E-state index >= 15 is 0 Å². The number of hydrogen-bond acceptors (Lipinski definition) is 8. The number of benzene rings is 3. The second kappa shape index (κ2) is 14.5. The number of sulfonamides is 1. The maximum atomic E-state index is 13.5. The van der Waals surface area contributed by atoms with E-state index < -0.39 is 22.2 Å². The van der Waals surface area contributed by atoms with Crippen LogP contribution in [0, 0.1) is 5.92 Å². The summed E-state index contributed by atoms with van der Waals surface area (Å²) in [6.45, 7) is 3.91. The minimum absolute atomic E-state index is 0.0481. The van der Waals surface area contributed by atoms with Crippen LogP contribution in [0.1, 0.15) is 19.4 Å². The quantitative estimate of drug-likeness (QED) is 0.303. The number of aliphatic hydroxyl groups is 1. The summed E-state index contributed by atoms with van der Waals surface area (Å²) in [5.41, 5.74) is 1.32. The molecule has 0 fully saturated rings. The molecular formula is C32H40N4O8S. The molecule has 0 spiro atoms. The summed E-state index contributed by atoms with van der Waals surface area (Å²) in [6, 6.07) is 16.9. The first-order valence-electron chi connectivity index (χ1n) is 14.5. The number of methoxy groups -OCH3 is 2. The van der Waals surface area contributed by atoms with Gasteiger partial charge in [-0.05, 0) is 73.7 Å². The van der Waals surface area contributed by atoms with Crippen molar-refractivity contribution in [3.63, 3.8) is 0 Å². The molecular weight excluding hydrogens is 600 g/mol. The Morgan fingerprint density at radius 2 is 1.64 bits per heavy atom. The maximum absolute atomic E-state index is 13.5. The fourth-order valence-electron chi connectivity index (χ4n) is 4.93. The van der Waals surface area contributed by atoms with Crippen molar-refractivity contribution in [2.24, 2.45) is 5.92 Å². The molecule has 1 aliphatic rings. The van der Waals surface area contributed by atoms with Crippen LogP contribution in [0.3, 0.4) is 0 Å². The minimum atomic E-state index is -3.94. The Morgan fingerprint density at radius 3 is 2.24 bits per heavy atom. The standard InChI is InChI=1S/C32H40N4O8S/c1-21-18-36(22(2)20-37)31(38)17-23-16-25(34-45(40,41)28-13-11-27(43-5)12-14-28)8-15-29(23)44-30(21)19-35(3)32(39)33-24-6-9-26(42-4)10-7-24/h6-16,21-22,30,34,37H,17-20H2,1-5H3,(H,33,39)/t21-,22+,30-/m1/s1. The Labute approximate surface area is 263 Å². The Morgan fingerprint density at radius 1 is 1.04 bits per heavy atom. The Hall–Kier alpha value is -4.49. The monoisotopic (exact) mass is 640 g/mol. The lowest BCUT2D eigenvalue weighted by Crippen LogP contribution is -2.48. The Kier molecular flexibility index (Phi) is 10.8. The maximum Gasteiger partial charge on any atom is 0.321 e. The summed E-state index contributed by atoms with van der Waals surface area (Å²) in [4.78, 5) is 29.7. The second-order valence-corrected chi connectivity index (χ2v) is 12.7. The minimum Gasteiger partial charge on any atom is -0.497 e. The smallest absolute Gasteiger partial charge is 0.321 e. The van der Waals surface area contributed by atoms with Gasteiger partial charge >= 0.3 is 6.03 Å². The van der Waals surface area contributed by atoms with E-state index in [1.165, 1.54) is 24.1 Å². The van der Waals surface area contributed by atoms with E-state index in [1.807, 2.05) is 6.92 Å². The molecule has 0 saturated heterocycles. The van der Waals surface area contributed by atoms with Crippen molar-refractivity contribution in [3.05, 3.63) is 72.3 Å². The number of aliphatic hydroxyl groups excluding tert-OH is 1. The van der Waals surface area contributed by atoms with E-state index in [4.69, 9.17) is 14.2 Å². The van der Waals surface area contributed by atoms with E-state index in [0.29, 0.717) is 28.5 Å². The molecule has 242 valence electrons. The topological polar surface area (TPSA) is 147 Å². The molecule has 3 atom stereocenters. The van der Waals surface area contributed by atoms with E-state index in [1.54, 1.807) is 80.6 Å². The lowest BCUT2D eigenvalue weighted by molar-refractivity contribution is -0.134. The van der Waals surface area contributed by atoms with E-state index in [0.717, 1.165) is 0 Å². The normalized spacial score (nSPS) is 17.5. The molecule has 0 aliphatic carbocycles. The molecule has 0 aromatic heterocycles. The number of hydrogen-bond donors (Lipinski definition) is 3. The van der Waals surface area contributed by atoms with Crippen molar-refractivity contribution in [3.8, 4) is 17.2 Å². The number of rotatable bonds is 10. The highest BCUT2D eigenvalue weighted by molar-refractivity contribution is 7.92. The average Bonchev–Trinajstić information content (AvgIpc) is 3.08. The number of nitrogens with one attached hydrogen (secondary N) is 2. The van der Waals surface area contributed by atoms with Gasteiger partial charge in [0.05, 0.1) is 44.7 Å². The summed E-state index contributed by atoms with van der Waals surface area (Å²) in [7, 11) is 0.773. The molecule has 3 amide bonds. The first-order valence-corrected chi connectivity index (χ1v) is 15.9. The number of nitrogens with zero attached hydrogens (tertiary/aromatic N) is 2. The van der Waals surface area contributed by atoms with Gasteiger partial charge in [0.2, 0.25) is 5.91 Å². The van der Waals surface area contributed by atoms with Crippen molar-refractivity contribution in [2.75, 3.05) is 51.0 Å². The molecule has 0 radical (unpaired) electrons. The van der Waals surface area contributed by atoms with Crippen molar-refractivity contribution in [2.45, 2.75) is 37.3 Å². The predicted molar refractivity (Wildman–Crippen MR) is 170 cm³/mol. The number of amides is 3. The Bertz CT molecular complexity index is 1580. The summed E-state index contributed by atoms with van der Waals surface area (Å²) in [5, 5.41) is 12.8. The molecule has 3 aromatic carbocycles. The molecule has 3 aromatic rings. The van der Waals surface area contributed by atoms with Crippen LogP contribution < -0.4 is 24.2 Å². The van der Waals surface area contributed by atoms with Gasteiger partial charge in [-0.15, -0.1) is 0 Å². The number of fused-ring (bicyclic) bond motifs is 1. The average molecular weight is 641 g/mol. The fourth-order valence-corrected chi connectivity index (χ4v) is 5.98. The van der Waals surface area contributed by atoms with Crippen LogP contribution in [0.15, 0.2) is 71.6 Å². The summed E-state index contributed by atoms with van der Waals surface area (Å²) in [6.07, 6.45) is -0.623. The summed E-state index contributed by atoms with van der Waals surface area (Å²) >= 11 is 0. The van der Waals surface area contributed by atoms with Crippen LogP contribution >= 0.6 is 0 Å². The van der Waals surface area contributed by atoms with E-state index in [9.17, 15) is 23.1 Å². The van der Waals surface area contributed by atoms with Gasteiger partial charge in [-0.25, -0.2) is 13.2 Å². The highest BCUT2D eigenvalue weighted by Gasteiger charge is 2.32. The van der Waals surface area contributed by atoms with Crippen LogP contribution in [0.2, 0.25) is 0 Å². The molecule has 1 heterocycles. The number of likely N-dealkylation sites (N-methyl/N-ethyl adjacent to an activating group) is 1. The number of urea groups is 1. The van der Waals surface area contributed by atoms with Gasteiger partial charge in [0.25, 0.3) is 10.0 Å². The molecule has 1 aliphatic heterocycles. The number of ether oxygens (including phenoxy) is 3. The molecule has 12 nitrogen and oxygen atoms in total. The molecule has 0 unspecified atom stereocenters. The number of carbonyl (C=O) groups is 2. The largest absolute Gasteiger partial charge is 0.497 e. The lowest BCUT2D eigenvalue weighted by atomic mass is 10.0. The number of anilines is 2. The van der Waals surface area contributed by atoms with Crippen LogP contribution in [0.25, 0.3) is 0 Å². The van der Waals surface area contributed by atoms with Gasteiger partial charge in [-0.2, -0.15) is 0 Å². The third kappa shape index (κ3) is 8.37. The molecule has 4 rings (SSSR count). The molecule has 0 saturated carbocycles. The van der Waals surface area contributed by atoms with Crippen molar-refractivity contribution >= 4 is 33.3 Å². The van der Waals surface area contributed by atoms with Crippen molar-refractivity contribution in [1.29, 1.82) is 0 Å². The zero-order chi connectivity index (χ0) is 32.7. The van der Waals surface area contributed by atoms with Crippen LogP contribution in [0.4, 0.5) is 16.2 Å². The third-order valence-electron chi connectivity index (χ3n) is 7.68. The summed E-state index contributed by atoms with van der Waals surface area (Å²) in [5.74, 6) is 1.11. The highest BCUT2D eigenvalue weighted by Crippen LogP contribution is 2.30.